The van der Waals surface area contributed by atoms with Crippen LogP contribution in [-0.2, 0) is 0 Å². The van der Waals surface area contributed by atoms with E-state index in [1.807, 2.05) is 0 Å². The van der Waals surface area contributed by atoms with Gasteiger partial charge in [-0.3, -0.25) is 9.69 Å². The monoisotopic (exact) mass is 264 g/mol. The quantitative estimate of drug-likeness (QED) is 0.846. The summed E-state index contributed by atoms with van der Waals surface area (Å²) in [6.07, 6.45) is 4.79. The molecule has 3 rings (SSSR count). The molecule has 1 aliphatic heterocycles. The number of hydrogen-bond donors (Lipinski definition) is 2. The second-order valence-electron chi connectivity index (χ2n) is 5.24. The number of rotatable bonds is 3. The van der Waals surface area contributed by atoms with E-state index in [-0.39, 0.29) is 17.4 Å². The summed E-state index contributed by atoms with van der Waals surface area (Å²) in [4.78, 5) is 18.0. The molecule has 6 heteroatoms. The highest BCUT2D eigenvalue weighted by Crippen LogP contribution is 2.29. The van der Waals surface area contributed by atoms with E-state index < -0.39 is 11.7 Å². The zero-order chi connectivity index (χ0) is 13.4. The van der Waals surface area contributed by atoms with Gasteiger partial charge in [-0.15, -0.1) is 0 Å². The summed E-state index contributed by atoms with van der Waals surface area (Å²) in [6, 6.07) is 2.16. The van der Waals surface area contributed by atoms with Crippen LogP contribution < -0.4 is 11.1 Å². The van der Waals surface area contributed by atoms with E-state index in [0.717, 1.165) is 19.5 Å². The highest BCUT2D eigenvalue weighted by atomic mass is 19.1. The minimum absolute atomic E-state index is 0.0302. The average Bonchev–Trinajstić information content (AvgIpc) is 3.14. The molecule has 102 valence electrons. The maximum Gasteiger partial charge on any atom is 0.254 e. The molecule has 2 fully saturated rings. The summed E-state index contributed by atoms with van der Waals surface area (Å²) in [5.74, 6) is -1.38. The van der Waals surface area contributed by atoms with E-state index in [9.17, 15) is 9.18 Å². The van der Waals surface area contributed by atoms with E-state index >= 15 is 0 Å². The molecule has 1 saturated heterocycles. The first-order chi connectivity index (χ1) is 9.15. The van der Waals surface area contributed by atoms with E-state index in [1.165, 1.54) is 25.1 Å². The first-order valence-corrected chi connectivity index (χ1v) is 6.60. The van der Waals surface area contributed by atoms with Crippen molar-refractivity contribution in [3.63, 3.8) is 0 Å². The topological polar surface area (TPSA) is 71.2 Å². The van der Waals surface area contributed by atoms with Crippen molar-refractivity contribution in [3.05, 3.63) is 23.6 Å². The number of nitrogens with one attached hydrogen (secondary N) is 1. The Morgan fingerprint density at radius 3 is 3.00 bits per heavy atom. The summed E-state index contributed by atoms with van der Waals surface area (Å²) >= 11 is 0. The molecule has 0 radical (unpaired) electrons. The van der Waals surface area contributed by atoms with Gasteiger partial charge in [-0.1, -0.05) is 0 Å². The highest BCUT2D eigenvalue weighted by molar-refractivity contribution is 5.95. The van der Waals surface area contributed by atoms with Gasteiger partial charge in [-0.05, 0) is 25.3 Å². The largest absolute Gasteiger partial charge is 0.381 e. The Balaban J connectivity index is 1.63. The second kappa shape index (κ2) is 4.77. The van der Waals surface area contributed by atoms with Gasteiger partial charge in [-0.2, -0.15) is 0 Å². The van der Waals surface area contributed by atoms with Crippen molar-refractivity contribution in [1.29, 1.82) is 0 Å². The van der Waals surface area contributed by atoms with Gasteiger partial charge in [0.2, 0.25) is 0 Å². The molecular formula is C13H17FN4O. The zero-order valence-corrected chi connectivity index (χ0v) is 10.6. The molecule has 1 aromatic heterocycles. The number of aromatic nitrogens is 1. The lowest BCUT2D eigenvalue weighted by Gasteiger charge is -2.16. The molecule has 19 heavy (non-hydrogen) atoms. The molecule has 1 aromatic rings. The Morgan fingerprint density at radius 1 is 1.47 bits per heavy atom. The fourth-order valence-corrected chi connectivity index (χ4v) is 2.57. The smallest absolute Gasteiger partial charge is 0.254 e. The third-order valence-corrected chi connectivity index (χ3v) is 3.78. The molecule has 5 nitrogen and oxygen atoms in total. The van der Waals surface area contributed by atoms with Crippen molar-refractivity contribution in [2.75, 3.05) is 18.8 Å². The van der Waals surface area contributed by atoms with Crippen LogP contribution in [0, 0.1) is 5.82 Å². The SMILES string of the molecule is Nc1nccc(C(=O)NC2CCN(C3CC3)C2)c1F. The van der Waals surface area contributed by atoms with Crippen molar-refractivity contribution in [2.24, 2.45) is 0 Å². The van der Waals surface area contributed by atoms with Gasteiger partial charge in [0.05, 0.1) is 5.56 Å². The van der Waals surface area contributed by atoms with Gasteiger partial charge in [-0.25, -0.2) is 9.37 Å². The zero-order valence-electron chi connectivity index (χ0n) is 10.6. The number of carbonyl (C=O) groups excluding carboxylic acids is 1. The van der Waals surface area contributed by atoms with Crippen molar-refractivity contribution >= 4 is 11.7 Å². The third-order valence-electron chi connectivity index (χ3n) is 3.78. The number of anilines is 1. The molecule has 1 amide bonds. The summed E-state index contributed by atoms with van der Waals surface area (Å²) in [5, 5.41) is 2.87. The van der Waals surface area contributed by atoms with Crippen molar-refractivity contribution in [1.82, 2.24) is 15.2 Å². The molecule has 1 saturated carbocycles. The maximum atomic E-state index is 13.7. The molecule has 0 bridgehead atoms. The normalized spacial score (nSPS) is 23.5. The number of amides is 1. The van der Waals surface area contributed by atoms with E-state index in [2.05, 4.69) is 15.2 Å². The number of pyridine rings is 1. The first-order valence-electron chi connectivity index (χ1n) is 6.60. The number of nitrogens with zero attached hydrogens (tertiary/aromatic N) is 2. The van der Waals surface area contributed by atoms with Gasteiger partial charge in [0, 0.05) is 31.4 Å². The summed E-state index contributed by atoms with van der Waals surface area (Å²) in [7, 11) is 0. The molecule has 1 unspecified atom stereocenters. The highest BCUT2D eigenvalue weighted by Gasteiger charge is 2.35. The second-order valence-corrected chi connectivity index (χ2v) is 5.24. The summed E-state index contributed by atoms with van der Waals surface area (Å²) in [5.41, 5.74) is 5.33. The van der Waals surface area contributed by atoms with Crippen LogP contribution in [0.25, 0.3) is 0 Å². The minimum atomic E-state index is -0.739. The van der Waals surface area contributed by atoms with E-state index in [4.69, 9.17) is 5.73 Å². The first kappa shape index (κ1) is 12.3. The number of hydrogen-bond acceptors (Lipinski definition) is 4. The van der Waals surface area contributed by atoms with Crippen LogP contribution in [-0.4, -0.2) is 41.0 Å². The maximum absolute atomic E-state index is 13.7. The number of halogens is 1. The molecule has 1 aliphatic carbocycles. The Hall–Kier alpha value is -1.69. The third kappa shape index (κ3) is 2.53. The van der Waals surface area contributed by atoms with Gasteiger partial charge < -0.3 is 11.1 Å². The van der Waals surface area contributed by atoms with Crippen LogP contribution in [0.5, 0.6) is 0 Å². The average molecular weight is 264 g/mol. The predicted octanol–water partition coefficient (Wildman–Crippen LogP) is 0.769. The fraction of sp³-hybridized carbons (Fsp3) is 0.538. The van der Waals surface area contributed by atoms with Crippen LogP contribution in [0.3, 0.4) is 0 Å². The number of likely N-dealkylation sites (tertiary alicyclic amines) is 1. The van der Waals surface area contributed by atoms with Crippen molar-refractivity contribution < 1.29 is 9.18 Å². The van der Waals surface area contributed by atoms with Crippen LogP contribution >= 0.6 is 0 Å². The predicted molar refractivity (Wildman–Crippen MR) is 69.1 cm³/mol. The van der Waals surface area contributed by atoms with Crippen LogP contribution in [0.4, 0.5) is 10.2 Å². The Morgan fingerprint density at radius 2 is 2.26 bits per heavy atom. The van der Waals surface area contributed by atoms with E-state index in [1.54, 1.807) is 0 Å². The molecule has 2 heterocycles. The molecular weight excluding hydrogens is 247 g/mol. The van der Waals surface area contributed by atoms with Crippen molar-refractivity contribution in [3.8, 4) is 0 Å². The fourth-order valence-electron chi connectivity index (χ4n) is 2.57. The van der Waals surface area contributed by atoms with Crippen LogP contribution in [0.1, 0.15) is 29.6 Å². The summed E-state index contributed by atoms with van der Waals surface area (Å²) in [6.45, 7) is 1.87. The molecule has 2 aliphatic rings. The van der Waals surface area contributed by atoms with Crippen LogP contribution in [0.2, 0.25) is 0 Å². The Bertz CT molecular complexity index is 503. The lowest BCUT2D eigenvalue weighted by Crippen LogP contribution is -2.38. The number of carbonyl (C=O) groups is 1. The molecule has 0 spiro atoms. The molecule has 3 N–H and O–H groups in total. The van der Waals surface area contributed by atoms with Crippen molar-refractivity contribution in [2.45, 2.75) is 31.3 Å². The summed E-state index contributed by atoms with van der Waals surface area (Å²) < 4.78 is 13.7. The number of nitrogen functional groups attached to an aromatic ring is 1. The standard InChI is InChI=1S/C13H17FN4O/c14-11-10(3-5-16-12(11)15)13(19)17-8-4-6-18(7-8)9-1-2-9/h3,5,8-9H,1-2,4,6-7H2,(H2,15,16)(H,17,19). The Labute approximate surface area is 111 Å². The van der Waals surface area contributed by atoms with Gasteiger partial charge >= 0.3 is 0 Å². The van der Waals surface area contributed by atoms with Crippen LogP contribution in [0.15, 0.2) is 12.3 Å². The van der Waals surface area contributed by atoms with E-state index in [0.29, 0.717) is 6.04 Å². The van der Waals surface area contributed by atoms with Gasteiger partial charge in [0.25, 0.3) is 5.91 Å². The lowest BCUT2D eigenvalue weighted by molar-refractivity contribution is 0.0933. The van der Waals surface area contributed by atoms with Gasteiger partial charge in [0.1, 0.15) is 0 Å². The van der Waals surface area contributed by atoms with Gasteiger partial charge in [0.15, 0.2) is 11.6 Å². The molecule has 1 atom stereocenters. The lowest BCUT2D eigenvalue weighted by atomic mass is 10.2. The Kier molecular flexibility index (Phi) is 3.10. The minimum Gasteiger partial charge on any atom is -0.381 e. The number of nitrogens with two attached hydrogens (primary N) is 1. The molecule has 0 aromatic carbocycles.